The van der Waals surface area contributed by atoms with Gasteiger partial charge in [-0.25, -0.2) is 26.3 Å². The van der Waals surface area contributed by atoms with Crippen molar-refractivity contribution in [1.82, 2.24) is 14.3 Å². The molecule has 2 fully saturated rings. The van der Waals surface area contributed by atoms with Gasteiger partial charge in [0.25, 0.3) is 0 Å². The van der Waals surface area contributed by atoms with E-state index in [4.69, 9.17) is 0 Å². The van der Waals surface area contributed by atoms with Crippen LogP contribution in [0, 0.1) is 6.92 Å². The highest BCUT2D eigenvalue weighted by Gasteiger charge is 2.29. The maximum absolute atomic E-state index is 12.8. The minimum absolute atomic E-state index is 0.00625. The number of piperidine rings is 1. The molecule has 4 rings (SSSR count). The van der Waals surface area contributed by atoms with E-state index in [0.29, 0.717) is 0 Å². The minimum atomic E-state index is -3.70. The summed E-state index contributed by atoms with van der Waals surface area (Å²) in [5, 5.41) is 0. The van der Waals surface area contributed by atoms with Gasteiger partial charge in [-0.1, -0.05) is 24.3 Å². The van der Waals surface area contributed by atoms with E-state index >= 15 is 0 Å². The van der Waals surface area contributed by atoms with Crippen molar-refractivity contribution in [3.8, 4) is 0 Å². The summed E-state index contributed by atoms with van der Waals surface area (Å²) in [5.74, 6) is 0. The molecule has 1 heterocycles. The molecule has 2 aliphatic rings. The molecule has 0 amide bonds. The van der Waals surface area contributed by atoms with Crippen molar-refractivity contribution in [2.24, 2.45) is 0 Å². The molecule has 0 spiro atoms. The highest BCUT2D eigenvalue weighted by atomic mass is 32.2. The summed E-state index contributed by atoms with van der Waals surface area (Å²) in [7, 11) is -7.29. The molecular formula is C22H29N3O4S2. The quantitative estimate of drug-likeness (QED) is 0.627. The van der Waals surface area contributed by atoms with Crippen molar-refractivity contribution in [3.63, 3.8) is 0 Å². The van der Waals surface area contributed by atoms with Gasteiger partial charge < -0.3 is 0 Å². The molecule has 0 bridgehead atoms. The maximum Gasteiger partial charge on any atom is 0.240 e. The normalized spacial score (nSPS) is 18.9. The summed E-state index contributed by atoms with van der Waals surface area (Å²) in [5.41, 5.74) is 2.57. The third-order valence-electron chi connectivity index (χ3n) is 5.91. The van der Waals surface area contributed by atoms with Crippen molar-refractivity contribution < 1.29 is 16.8 Å². The van der Waals surface area contributed by atoms with E-state index < -0.39 is 20.0 Å². The van der Waals surface area contributed by atoms with Gasteiger partial charge in [0.05, 0.1) is 9.79 Å². The Bertz CT molecular complexity index is 1120. The first-order valence-corrected chi connectivity index (χ1v) is 13.6. The van der Waals surface area contributed by atoms with Gasteiger partial charge >= 0.3 is 0 Å². The molecular weight excluding hydrogens is 434 g/mol. The number of hydrogen-bond donors (Lipinski definition) is 2. The SMILES string of the molecule is Cc1ccccc1CN1CCC(NS(=O)(=O)c2ccc(S(=O)(=O)NC3CC3)cc2)CC1. The van der Waals surface area contributed by atoms with E-state index in [9.17, 15) is 16.8 Å². The topological polar surface area (TPSA) is 95.6 Å². The molecule has 1 aliphatic carbocycles. The molecule has 1 aliphatic heterocycles. The van der Waals surface area contributed by atoms with Crippen LogP contribution in [0.2, 0.25) is 0 Å². The monoisotopic (exact) mass is 463 g/mol. The lowest BCUT2D eigenvalue weighted by molar-refractivity contribution is 0.199. The van der Waals surface area contributed by atoms with Gasteiger partial charge in [0.15, 0.2) is 0 Å². The highest BCUT2D eigenvalue weighted by molar-refractivity contribution is 7.90. The van der Waals surface area contributed by atoms with Gasteiger partial charge in [-0.2, -0.15) is 0 Å². The van der Waals surface area contributed by atoms with Crippen LogP contribution in [-0.4, -0.2) is 46.9 Å². The lowest BCUT2D eigenvalue weighted by Crippen LogP contribution is -2.44. The highest BCUT2D eigenvalue weighted by Crippen LogP contribution is 2.23. The first-order chi connectivity index (χ1) is 14.7. The van der Waals surface area contributed by atoms with Gasteiger partial charge in [0.2, 0.25) is 20.0 Å². The van der Waals surface area contributed by atoms with Crippen LogP contribution >= 0.6 is 0 Å². The van der Waals surface area contributed by atoms with Gasteiger partial charge in [-0.3, -0.25) is 4.90 Å². The predicted octanol–water partition coefficient (Wildman–Crippen LogP) is 2.38. The zero-order chi connectivity index (χ0) is 22.1. The third kappa shape index (κ3) is 5.72. The smallest absolute Gasteiger partial charge is 0.240 e. The van der Waals surface area contributed by atoms with Gasteiger partial charge in [-0.15, -0.1) is 0 Å². The van der Waals surface area contributed by atoms with E-state index in [-0.39, 0.29) is 21.9 Å². The van der Waals surface area contributed by atoms with Gasteiger partial charge in [-0.05, 0) is 68.0 Å². The summed E-state index contributed by atoms with van der Waals surface area (Å²) < 4.78 is 55.5. The molecule has 31 heavy (non-hydrogen) atoms. The van der Waals surface area contributed by atoms with Crippen LogP contribution in [0.25, 0.3) is 0 Å². The maximum atomic E-state index is 12.8. The fourth-order valence-electron chi connectivity index (χ4n) is 3.81. The molecule has 7 nitrogen and oxygen atoms in total. The van der Waals surface area contributed by atoms with Crippen molar-refractivity contribution >= 4 is 20.0 Å². The van der Waals surface area contributed by atoms with E-state index in [1.54, 1.807) is 0 Å². The number of benzene rings is 2. The second-order valence-electron chi connectivity index (χ2n) is 8.47. The Hall–Kier alpha value is -1.78. The average molecular weight is 464 g/mol. The van der Waals surface area contributed by atoms with Crippen LogP contribution in [0.1, 0.15) is 36.8 Å². The van der Waals surface area contributed by atoms with Crippen molar-refractivity contribution in [3.05, 3.63) is 59.7 Å². The van der Waals surface area contributed by atoms with Crippen molar-refractivity contribution in [2.45, 2.75) is 61.0 Å². The number of rotatable bonds is 8. The molecule has 1 saturated heterocycles. The Morgan fingerprint density at radius 2 is 1.26 bits per heavy atom. The Labute approximate surface area is 185 Å². The van der Waals surface area contributed by atoms with E-state index in [0.717, 1.165) is 45.3 Å². The fourth-order valence-corrected chi connectivity index (χ4v) is 6.42. The van der Waals surface area contributed by atoms with Gasteiger partial charge in [0, 0.05) is 31.7 Å². The largest absolute Gasteiger partial charge is 0.299 e. The summed E-state index contributed by atoms with van der Waals surface area (Å²) in [4.78, 5) is 2.52. The minimum Gasteiger partial charge on any atom is -0.299 e. The summed E-state index contributed by atoms with van der Waals surface area (Å²) in [6.45, 7) is 4.63. The lowest BCUT2D eigenvalue weighted by atomic mass is 10.0. The van der Waals surface area contributed by atoms with Crippen LogP contribution in [0.4, 0.5) is 0 Å². The Morgan fingerprint density at radius 3 is 1.74 bits per heavy atom. The van der Waals surface area contributed by atoms with Crippen molar-refractivity contribution in [1.29, 1.82) is 0 Å². The van der Waals surface area contributed by atoms with Crippen LogP contribution in [0.3, 0.4) is 0 Å². The molecule has 2 N–H and O–H groups in total. The molecule has 1 saturated carbocycles. The lowest BCUT2D eigenvalue weighted by Gasteiger charge is -2.32. The Kier molecular flexibility index (Phi) is 6.50. The van der Waals surface area contributed by atoms with Crippen molar-refractivity contribution in [2.75, 3.05) is 13.1 Å². The van der Waals surface area contributed by atoms with Crippen LogP contribution < -0.4 is 9.44 Å². The first-order valence-electron chi connectivity index (χ1n) is 10.6. The number of sulfonamides is 2. The zero-order valence-corrected chi connectivity index (χ0v) is 19.3. The molecule has 0 atom stereocenters. The molecule has 2 aromatic rings. The Balaban J connectivity index is 1.33. The standard InChI is InChI=1S/C22H29N3O4S2/c1-17-4-2-3-5-18(17)16-25-14-12-20(13-15-25)24-31(28,29)22-10-8-21(9-11-22)30(26,27)23-19-6-7-19/h2-5,8-11,19-20,23-24H,6-7,12-16H2,1H3. The fraction of sp³-hybridized carbons (Fsp3) is 0.455. The summed E-state index contributed by atoms with van der Waals surface area (Å²) >= 11 is 0. The van der Waals surface area contributed by atoms with Crippen LogP contribution in [0.5, 0.6) is 0 Å². The van der Waals surface area contributed by atoms with E-state index in [1.165, 1.54) is 35.4 Å². The zero-order valence-electron chi connectivity index (χ0n) is 17.6. The molecule has 9 heteroatoms. The van der Waals surface area contributed by atoms with Gasteiger partial charge in [0.1, 0.15) is 0 Å². The Morgan fingerprint density at radius 1 is 0.774 bits per heavy atom. The second-order valence-corrected chi connectivity index (χ2v) is 11.9. The number of nitrogens with one attached hydrogen (secondary N) is 2. The second kappa shape index (κ2) is 8.99. The molecule has 0 unspecified atom stereocenters. The molecule has 168 valence electrons. The van der Waals surface area contributed by atoms with Crippen LogP contribution in [-0.2, 0) is 26.6 Å². The van der Waals surface area contributed by atoms with E-state index in [1.807, 2.05) is 12.1 Å². The summed E-state index contributed by atoms with van der Waals surface area (Å²) in [6, 6.07) is 13.6. The molecule has 0 radical (unpaired) electrons. The van der Waals surface area contributed by atoms with E-state index in [2.05, 4.69) is 33.4 Å². The number of nitrogens with zero attached hydrogens (tertiary/aromatic N) is 1. The number of likely N-dealkylation sites (tertiary alicyclic amines) is 1. The third-order valence-corrected chi connectivity index (χ3v) is 8.98. The average Bonchev–Trinajstić information content (AvgIpc) is 3.54. The number of hydrogen-bond acceptors (Lipinski definition) is 5. The number of aryl methyl sites for hydroxylation is 1. The molecule has 2 aromatic carbocycles. The molecule has 0 aromatic heterocycles. The first kappa shape index (κ1) is 22.4. The summed E-state index contributed by atoms with van der Waals surface area (Å²) in [6.07, 6.45) is 3.17. The predicted molar refractivity (Wildman–Crippen MR) is 120 cm³/mol. The van der Waals surface area contributed by atoms with Crippen LogP contribution in [0.15, 0.2) is 58.3 Å².